The zero-order chi connectivity index (χ0) is 16.2. The number of benzene rings is 1. The fraction of sp³-hybridized carbons (Fsp3) is 0.600. The van der Waals surface area contributed by atoms with Crippen LogP contribution in [0.5, 0.6) is 5.75 Å². The maximum Gasteiger partial charge on any atom is 0.270 e. The Morgan fingerprint density at radius 2 is 1.96 bits per heavy atom. The summed E-state index contributed by atoms with van der Waals surface area (Å²) < 4.78 is 10.8. The number of nitro benzene ring substituents is 1. The summed E-state index contributed by atoms with van der Waals surface area (Å²) in [5, 5.41) is 20.1. The molecule has 0 saturated carbocycles. The minimum atomic E-state index is -0.377. The Balaban J connectivity index is 1.74. The number of non-ortho nitro benzene ring substituents is 1. The molecule has 1 saturated heterocycles. The number of hydrogen-bond donors (Lipinski definition) is 1. The molecule has 8 nitrogen and oxygen atoms in total. The van der Waals surface area contributed by atoms with Gasteiger partial charge < -0.3 is 14.6 Å². The number of piperazine rings is 1. The third kappa shape index (κ3) is 3.78. The molecule has 3 rings (SSSR count). The normalized spacial score (nSPS) is 19.2. The van der Waals surface area contributed by atoms with Crippen LogP contribution in [-0.4, -0.2) is 66.0 Å². The maximum absolute atomic E-state index is 11.1. The summed E-state index contributed by atoms with van der Waals surface area (Å²) >= 11 is 0. The number of nitro groups is 1. The molecule has 0 unspecified atom stereocenters. The van der Waals surface area contributed by atoms with Gasteiger partial charge in [0, 0.05) is 62.5 Å². The van der Waals surface area contributed by atoms with Gasteiger partial charge in [0.1, 0.15) is 5.75 Å². The molecule has 0 atom stereocenters. The van der Waals surface area contributed by atoms with Gasteiger partial charge in [-0.25, -0.2) is 0 Å². The highest BCUT2D eigenvalue weighted by atomic mass is 16.7. The van der Waals surface area contributed by atoms with Crippen molar-refractivity contribution < 1.29 is 19.5 Å². The van der Waals surface area contributed by atoms with E-state index in [1.54, 1.807) is 6.07 Å². The van der Waals surface area contributed by atoms with E-state index in [0.717, 1.165) is 43.1 Å². The number of fused-ring (bicyclic) bond motifs is 1. The Labute approximate surface area is 134 Å². The van der Waals surface area contributed by atoms with Crippen LogP contribution in [0.2, 0.25) is 0 Å². The van der Waals surface area contributed by atoms with E-state index in [1.165, 1.54) is 6.07 Å². The molecule has 2 heterocycles. The number of aliphatic hydroxyl groups excluding tert-OH is 1. The van der Waals surface area contributed by atoms with Crippen LogP contribution >= 0.6 is 0 Å². The van der Waals surface area contributed by atoms with Crippen molar-refractivity contribution in [1.82, 2.24) is 9.80 Å². The Hall–Kier alpha value is -1.74. The lowest BCUT2D eigenvalue weighted by atomic mass is 10.1. The van der Waals surface area contributed by atoms with Crippen molar-refractivity contribution in [1.29, 1.82) is 0 Å². The quantitative estimate of drug-likeness (QED) is 0.626. The predicted octanol–water partition coefficient (Wildman–Crippen LogP) is 0.571. The highest BCUT2D eigenvalue weighted by Gasteiger charge is 2.23. The molecule has 8 heteroatoms. The van der Waals surface area contributed by atoms with Crippen molar-refractivity contribution in [2.24, 2.45) is 0 Å². The molecule has 1 aromatic carbocycles. The smallest absolute Gasteiger partial charge is 0.270 e. The SMILES string of the molecule is O=[N+]([O-])c1cc2c(c(CN3CCN(CCO)CC3)c1)OCOC2. The second kappa shape index (κ2) is 7.22. The molecule has 0 radical (unpaired) electrons. The second-order valence-electron chi connectivity index (χ2n) is 5.80. The monoisotopic (exact) mass is 323 g/mol. The molecule has 0 spiro atoms. The first-order valence-electron chi connectivity index (χ1n) is 7.73. The molecule has 1 N–H and O–H groups in total. The lowest BCUT2D eigenvalue weighted by Gasteiger charge is -2.34. The molecule has 0 aromatic heterocycles. The molecule has 0 aliphatic carbocycles. The minimum absolute atomic E-state index is 0.0757. The summed E-state index contributed by atoms with van der Waals surface area (Å²) in [7, 11) is 0. The third-order valence-corrected chi connectivity index (χ3v) is 4.26. The molecule has 1 aromatic rings. The van der Waals surface area contributed by atoms with Crippen molar-refractivity contribution in [3.05, 3.63) is 33.4 Å². The molecule has 2 aliphatic rings. The average Bonchev–Trinajstić information content (AvgIpc) is 2.56. The number of hydrogen-bond acceptors (Lipinski definition) is 7. The summed E-state index contributed by atoms with van der Waals surface area (Å²) in [6, 6.07) is 3.13. The Morgan fingerprint density at radius 1 is 1.22 bits per heavy atom. The lowest BCUT2D eigenvalue weighted by molar-refractivity contribution is -0.385. The van der Waals surface area contributed by atoms with Gasteiger partial charge in [-0.3, -0.25) is 19.9 Å². The van der Waals surface area contributed by atoms with Crippen LogP contribution in [0.3, 0.4) is 0 Å². The van der Waals surface area contributed by atoms with E-state index in [9.17, 15) is 10.1 Å². The van der Waals surface area contributed by atoms with Crippen molar-refractivity contribution >= 4 is 5.69 Å². The summed E-state index contributed by atoms with van der Waals surface area (Å²) in [4.78, 5) is 15.2. The van der Waals surface area contributed by atoms with E-state index in [2.05, 4.69) is 9.80 Å². The molecular formula is C15H21N3O5. The summed E-state index contributed by atoms with van der Waals surface area (Å²) in [5.41, 5.74) is 1.65. The number of rotatable bonds is 5. The molecule has 23 heavy (non-hydrogen) atoms. The highest BCUT2D eigenvalue weighted by molar-refractivity contribution is 5.50. The zero-order valence-corrected chi connectivity index (χ0v) is 12.9. The number of ether oxygens (including phenoxy) is 2. The second-order valence-corrected chi connectivity index (χ2v) is 5.80. The van der Waals surface area contributed by atoms with Gasteiger partial charge in [-0.1, -0.05) is 0 Å². The van der Waals surface area contributed by atoms with Gasteiger partial charge in [-0.15, -0.1) is 0 Å². The number of β-amino-alcohol motifs (C(OH)–C–C–N with tert-alkyl or cyclic N) is 1. The van der Waals surface area contributed by atoms with E-state index >= 15 is 0 Å². The molecule has 2 aliphatic heterocycles. The van der Waals surface area contributed by atoms with Gasteiger partial charge in [0.05, 0.1) is 18.1 Å². The van der Waals surface area contributed by atoms with Gasteiger partial charge in [0.15, 0.2) is 6.79 Å². The molecular weight excluding hydrogens is 302 g/mol. The number of aliphatic hydroxyl groups is 1. The molecule has 1 fully saturated rings. The van der Waals surface area contributed by atoms with Crippen molar-refractivity contribution in [2.45, 2.75) is 13.2 Å². The topological polar surface area (TPSA) is 88.3 Å². The van der Waals surface area contributed by atoms with Crippen LogP contribution in [0, 0.1) is 10.1 Å². The first kappa shape index (κ1) is 16.1. The van der Waals surface area contributed by atoms with Crippen LogP contribution in [0.15, 0.2) is 12.1 Å². The van der Waals surface area contributed by atoms with Gasteiger partial charge in [0.2, 0.25) is 0 Å². The Kier molecular flexibility index (Phi) is 5.06. The number of nitrogens with zero attached hydrogens (tertiary/aromatic N) is 3. The Bertz CT molecular complexity index is 572. The fourth-order valence-electron chi connectivity index (χ4n) is 3.06. The van der Waals surface area contributed by atoms with Crippen molar-refractivity contribution in [3.63, 3.8) is 0 Å². The highest BCUT2D eigenvalue weighted by Crippen LogP contribution is 2.33. The largest absolute Gasteiger partial charge is 0.467 e. The molecule has 0 bridgehead atoms. The van der Waals surface area contributed by atoms with Gasteiger partial charge in [-0.05, 0) is 0 Å². The van der Waals surface area contributed by atoms with Crippen molar-refractivity contribution in [3.8, 4) is 5.75 Å². The van der Waals surface area contributed by atoms with Crippen LogP contribution < -0.4 is 4.74 Å². The van der Waals surface area contributed by atoms with Gasteiger partial charge in [-0.2, -0.15) is 0 Å². The van der Waals surface area contributed by atoms with E-state index in [-0.39, 0.29) is 24.0 Å². The summed E-state index contributed by atoms with van der Waals surface area (Å²) in [6.45, 7) is 5.53. The first-order valence-corrected chi connectivity index (χ1v) is 7.73. The van der Waals surface area contributed by atoms with Crippen LogP contribution in [0.1, 0.15) is 11.1 Å². The lowest BCUT2D eigenvalue weighted by Crippen LogP contribution is -2.46. The van der Waals surface area contributed by atoms with Gasteiger partial charge >= 0.3 is 0 Å². The maximum atomic E-state index is 11.1. The predicted molar refractivity (Wildman–Crippen MR) is 82.2 cm³/mol. The van der Waals surface area contributed by atoms with Crippen LogP contribution in [0.25, 0.3) is 0 Å². The third-order valence-electron chi connectivity index (χ3n) is 4.26. The van der Waals surface area contributed by atoms with Gasteiger partial charge in [0.25, 0.3) is 5.69 Å². The summed E-state index contributed by atoms with van der Waals surface area (Å²) in [6.07, 6.45) is 0. The van der Waals surface area contributed by atoms with E-state index < -0.39 is 0 Å². The summed E-state index contributed by atoms with van der Waals surface area (Å²) in [5.74, 6) is 0.722. The first-order chi connectivity index (χ1) is 11.2. The molecule has 126 valence electrons. The minimum Gasteiger partial charge on any atom is -0.467 e. The average molecular weight is 323 g/mol. The van der Waals surface area contributed by atoms with E-state index in [4.69, 9.17) is 14.6 Å². The van der Waals surface area contributed by atoms with Crippen molar-refractivity contribution in [2.75, 3.05) is 46.1 Å². The Morgan fingerprint density at radius 3 is 2.65 bits per heavy atom. The van der Waals surface area contributed by atoms with Crippen LogP contribution in [0.4, 0.5) is 5.69 Å². The standard InChI is InChI=1S/C15H21N3O5/c19-6-5-16-1-3-17(4-2-16)9-12-7-14(18(20)21)8-13-10-22-11-23-15(12)13/h7-8,19H,1-6,9-11H2. The van der Waals surface area contributed by atoms with E-state index in [1.807, 2.05) is 0 Å². The van der Waals surface area contributed by atoms with E-state index in [0.29, 0.717) is 19.7 Å². The van der Waals surface area contributed by atoms with Crippen LogP contribution in [-0.2, 0) is 17.9 Å². The fourth-order valence-corrected chi connectivity index (χ4v) is 3.06. The zero-order valence-electron chi connectivity index (χ0n) is 12.9. The molecule has 0 amide bonds.